The van der Waals surface area contributed by atoms with Crippen LogP contribution in [0, 0.1) is 0 Å². The van der Waals surface area contributed by atoms with E-state index in [2.05, 4.69) is 0 Å². The van der Waals surface area contributed by atoms with E-state index in [-0.39, 0.29) is 18.6 Å². The molecule has 2 atom stereocenters. The minimum atomic E-state index is -0.541. The molecule has 1 aromatic rings. The van der Waals surface area contributed by atoms with Gasteiger partial charge in [0.25, 0.3) is 0 Å². The highest BCUT2D eigenvalue weighted by molar-refractivity contribution is 5.83. The summed E-state index contributed by atoms with van der Waals surface area (Å²) in [6.07, 6.45) is 1.82. The number of hydrogen-bond donors (Lipinski definition) is 1. The van der Waals surface area contributed by atoms with Gasteiger partial charge in [-0.15, -0.1) is 0 Å². The van der Waals surface area contributed by atoms with E-state index < -0.39 is 11.9 Å². The zero-order chi connectivity index (χ0) is 17.1. The van der Waals surface area contributed by atoms with Gasteiger partial charge >= 0.3 is 0 Å². The third kappa shape index (κ3) is 3.94. The van der Waals surface area contributed by atoms with E-state index in [4.69, 9.17) is 10.5 Å². The van der Waals surface area contributed by atoms with Gasteiger partial charge in [0, 0.05) is 19.1 Å². The molecule has 0 bridgehead atoms. The molecule has 2 aliphatic rings. The van der Waals surface area contributed by atoms with E-state index in [0.717, 1.165) is 18.4 Å². The van der Waals surface area contributed by atoms with Crippen molar-refractivity contribution in [2.75, 3.05) is 19.7 Å². The largest absolute Gasteiger partial charge is 0.375 e. The second-order valence-electron chi connectivity index (χ2n) is 6.63. The van der Waals surface area contributed by atoms with Crippen LogP contribution in [0.15, 0.2) is 30.3 Å². The highest BCUT2D eigenvalue weighted by atomic mass is 16.5. The molecule has 2 fully saturated rings. The van der Waals surface area contributed by atoms with E-state index in [9.17, 15) is 9.59 Å². The average molecular weight is 331 g/mol. The fourth-order valence-electron chi connectivity index (χ4n) is 3.32. The molecule has 3 rings (SSSR count). The number of ether oxygens (including phenoxy) is 1. The van der Waals surface area contributed by atoms with Gasteiger partial charge in [0.05, 0.1) is 19.3 Å². The van der Waals surface area contributed by atoms with Gasteiger partial charge in [-0.2, -0.15) is 0 Å². The predicted octanol–water partition coefficient (Wildman–Crippen LogP) is 0.752. The molecule has 1 saturated heterocycles. The summed E-state index contributed by atoms with van der Waals surface area (Å²) in [5.41, 5.74) is 6.63. The fraction of sp³-hybridized carbons (Fsp3) is 0.556. The second kappa shape index (κ2) is 7.32. The Hall–Kier alpha value is -1.92. The number of carbonyl (C=O) groups excluding carboxylic acids is 2. The van der Waals surface area contributed by atoms with Crippen molar-refractivity contribution in [2.45, 2.75) is 44.5 Å². The molecular formula is C18H25N3O3. The van der Waals surface area contributed by atoms with Crippen LogP contribution in [0.25, 0.3) is 0 Å². The number of benzene rings is 1. The molecule has 1 saturated carbocycles. The molecule has 2 amide bonds. The van der Waals surface area contributed by atoms with Gasteiger partial charge in [-0.25, -0.2) is 0 Å². The van der Waals surface area contributed by atoms with Crippen LogP contribution in [0.2, 0.25) is 0 Å². The van der Waals surface area contributed by atoms with Crippen molar-refractivity contribution in [1.29, 1.82) is 0 Å². The van der Waals surface area contributed by atoms with E-state index in [1.165, 1.54) is 0 Å². The lowest BCUT2D eigenvalue weighted by Gasteiger charge is -2.38. The van der Waals surface area contributed by atoms with E-state index >= 15 is 0 Å². The summed E-state index contributed by atoms with van der Waals surface area (Å²) in [7, 11) is 0. The number of morpholine rings is 1. The third-order valence-electron chi connectivity index (χ3n) is 4.73. The maximum absolute atomic E-state index is 12.9. The van der Waals surface area contributed by atoms with Gasteiger partial charge in [-0.3, -0.25) is 14.5 Å². The highest BCUT2D eigenvalue weighted by Gasteiger charge is 2.38. The van der Waals surface area contributed by atoms with Crippen molar-refractivity contribution in [3.8, 4) is 0 Å². The first kappa shape index (κ1) is 16.9. The Kier molecular flexibility index (Phi) is 5.16. The van der Waals surface area contributed by atoms with Crippen molar-refractivity contribution in [3.63, 3.8) is 0 Å². The maximum Gasteiger partial charge on any atom is 0.237 e. The monoisotopic (exact) mass is 331 g/mol. The molecule has 6 heteroatoms. The van der Waals surface area contributed by atoms with E-state index in [1.54, 1.807) is 0 Å². The molecule has 0 radical (unpaired) electrons. The van der Waals surface area contributed by atoms with Gasteiger partial charge < -0.3 is 15.4 Å². The molecule has 2 N–H and O–H groups in total. The lowest BCUT2D eigenvalue weighted by atomic mass is 10.1. The Bertz CT molecular complexity index is 588. The summed E-state index contributed by atoms with van der Waals surface area (Å²) in [5.74, 6) is -0.377. The molecule has 130 valence electrons. The fourth-order valence-corrected chi connectivity index (χ4v) is 3.32. The topological polar surface area (TPSA) is 75.9 Å². The summed E-state index contributed by atoms with van der Waals surface area (Å²) in [6, 6.07) is 9.79. The first-order chi connectivity index (χ1) is 11.6. The van der Waals surface area contributed by atoms with Gasteiger partial charge in [0.15, 0.2) is 0 Å². The van der Waals surface area contributed by atoms with Crippen LogP contribution >= 0.6 is 0 Å². The highest BCUT2D eigenvalue weighted by Crippen LogP contribution is 2.29. The Labute approximate surface area is 142 Å². The van der Waals surface area contributed by atoms with Crippen LogP contribution in [0.4, 0.5) is 0 Å². The minimum absolute atomic E-state index is 0.0571. The SMILES string of the molecule is C[C@H]1OCCN(CC(=O)N(Cc2ccccc2)C2CC2)[C@@H]1C(N)=O. The zero-order valence-electron chi connectivity index (χ0n) is 14.1. The molecule has 24 heavy (non-hydrogen) atoms. The van der Waals surface area contributed by atoms with Crippen molar-refractivity contribution >= 4 is 11.8 Å². The molecule has 6 nitrogen and oxygen atoms in total. The Morgan fingerprint density at radius 1 is 1.29 bits per heavy atom. The van der Waals surface area contributed by atoms with Gasteiger partial charge in [0.1, 0.15) is 6.04 Å². The summed E-state index contributed by atoms with van der Waals surface area (Å²) in [5, 5.41) is 0. The van der Waals surface area contributed by atoms with Crippen molar-refractivity contribution in [3.05, 3.63) is 35.9 Å². The number of carbonyl (C=O) groups is 2. The lowest BCUT2D eigenvalue weighted by molar-refractivity contribution is -0.143. The quantitative estimate of drug-likeness (QED) is 0.835. The number of nitrogens with zero attached hydrogens (tertiary/aromatic N) is 2. The molecule has 1 aliphatic carbocycles. The van der Waals surface area contributed by atoms with Crippen LogP contribution in [-0.4, -0.2) is 59.5 Å². The summed E-state index contributed by atoms with van der Waals surface area (Å²) in [6.45, 7) is 3.72. The Morgan fingerprint density at radius 3 is 2.62 bits per heavy atom. The predicted molar refractivity (Wildman–Crippen MR) is 90.0 cm³/mol. The van der Waals surface area contributed by atoms with Crippen LogP contribution in [0.1, 0.15) is 25.3 Å². The molecule has 0 aromatic heterocycles. The van der Waals surface area contributed by atoms with Crippen molar-refractivity contribution in [1.82, 2.24) is 9.80 Å². The number of nitrogens with two attached hydrogens (primary N) is 1. The number of amides is 2. The summed E-state index contributed by atoms with van der Waals surface area (Å²) >= 11 is 0. The minimum Gasteiger partial charge on any atom is -0.375 e. The Balaban J connectivity index is 1.68. The van der Waals surface area contributed by atoms with Crippen LogP contribution < -0.4 is 5.73 Å². The van der Waals surface area contributed by atoms with Crippen LogP contribution in [-0.2, 0) is 20.9 Å². The average Bonchev–Trinajstić information content (AvgIpc) is 3.38. The molecule has 0 unspecified atom stereocenters. The molecule has 1 heterocycles. The van der Waals surface area contributed by atoms with Gasteiger partial charge in [-0.05, 0) is 25.3 Å². The molecule has 0 spiro atoms. The first-order valence-electron chi connectivity index (χ1n) is 8.54. The molecule has 1 aromatic carbocycles. The normalized spacial score (nSPS) is 24.5. The van der Waals surface area contributed by atoms with Crippen LogP contribution in [0.3, 0.4) is 0 Å². The Morgan fingerprint density at radius 2 is 2.00 bits per heavy atom. The summed E-state index contributed by atoms with van der Waals surface area (Å²) in [4.78, 5) is 28.4. The standard InChI is InChI=1S/C18H25N3O3/c1-13-17(18(19)23)20(9-10-24-13)12-16(22)21(15-7-8-15)11-14-5-3-2-4-6-14/h2-6,13,15,17H,7-12H2,1H3,(H2,19,23)/t13-,17+/m1/s1. The third-order valence-corrected chi connectivity index (χ3v) is 4.73. The lowest BCUT2D eigenvalue weighted by Crippen LogP contribution is -2.58. The zero-order valence-corrected chi connectivity index (χ0v) is 14.1. The maximum atomic E-state index is 12.9. The number of rotatable bonds is 6. The first-order valence-corrected chi connectivity index (χ1v) is 8.54. The van der Waals surface area contributed by atoms with Crippen LogP contribution in [0.5, 0.6) is 0 Å². The van der Waals surface area contributed by atoms with Gasteiger partial charge in [0.2, 0.25) is 11.8 Å². The summed E-state index contributed by atoms with van der Waals surface area (Å²) < 4.78 is 5.51. The second-order valence-corrected chi connectivity index (χ2v) is 6.63. The number of primary amides is 1. The van der Waals surface area contributed by atoms with Crippen molar-refractivity contribution < 1.29 is 14.3 Å². The molecular weight excluding hydrogens is 306 g/mol. The smallest absolute Gasteiger partial charge is 0.237 e. The van der Waals surface area contributed by atoms with E-state index in [0.29, 0.717) is 25.7 Å². The molecule has 1 aliphatic heterocycles. The van der Waals surface area contributed by atoms with E-state index in [1.807, 2.05) is 47.1 Å². The van der Waals surface area contributed by atoms with Crippen molar-refractivity contribution in [2.24, 2.45) is 5.73 Å². The van der Waals surface area contributed by atoms with Gasteiger partial charge in [-0.1, -0.05) is 30.3 Å². The number of hydrogen-bond acceptors (Lipinski definition) is 4.